The van der Waals surface area contributed by atoms with E-state index in [1.807, 2.05) is 6.92 Å². The topological polar surface area (TPSA) is 64.6 Å². The fourth-order valence-electron chi connectivity index (χ4n) is 0.502. The lowest BCUT2D eigenvalue weighted by Crippen LogP contribution is -2.37. The summed E-state index contributed by atoms with van der Waals surface area (Å²) >= 11 is 5.42. The van der Waals surface area contributed by atoms with Crippen LogP contribution >= 0.6 is 11.6 Å². The molecule has 1 amide bonds. The van der Waals surface area contributed by atoms with Crippen LogP contribution in [-0.4, -0.2) is 31.3 Å². The lowest BCUT2D eigenvalue weighted by molar-refractivity contribution is -0.140. The number of ether oxygens (including phenoxy) is 2. The van der Waals surface area contributed by atoms with Gasteiger partial charge in [-0.25, -0.2) is 9.59 Å². The second-order valence-electron chi connectivity index (χ2n) is 2.17. The Bertz CT molecular complexity index is 185. The van der Waals surface area contributed by atoms with Crippen molar-refractivity contribution in [2.45, 2.75) is 18.8 Å². The molecule has 0 rings (SSSR count). The summed E-state index contributed by atoms with van der Waals surface area (Å²) in [7, 11) is 1.18. The lowest BCUT2D eigenvalue weighted by Gasteiger charge is -2.09. The Morgan fingerprint density at radius 1 is 1.54 bits per heavy atom. The van der Waals surface area contributed by atoms with E-state index in [0.717, 1.165) is 0 Å². The quantitative estimate of drug-likeness (QED) is 0.424. The highest BCUT2D eigenvalue weighted by molar-refractivity contribution is 6.30. The number of methoxy groups -OCH3 is 1. The molecular formula is C7H12ClNO4. The van der Waals surface area contributed by atoms with Crippen LogP contribution in [-0.2, 0) is 14.3 Å². The SMILES string of the molecule is CCCOC(=O)NC(Cl)C(=O)OC. The fourth-order valence-corrected chi connectivity index (χ4v) is 0.680. The Kier molecular flexibility index (Phi) is 6.05. The molecule has 6 heteroatoms. The first-order valence-electron chi connectivity index (χ1n) is 3.77. The van der Waals surface area contributed by atoms with Gasteiger partial charge in [0.1, 0.15) is 0 Å². The van der Waals surface area contributed by atoms with Crippen LogP contribution < -0.4 is 5.32 Å². The molecule has 0 aliphatic heterocycles. The van der Waals surface area contributed by atoms with E-state index in [1.165, 1.54) is 7.11 Å². The summed E-state index contributed by atoms with van der Waals surface area (Å²) in [6.07, 6.45) is -0.0225. The first-order chi connectivity index (χ1) is 6.11. The van der Waals surface area contributed by atoms with Gasteiger partial charge in [-0.05, 0) is 6.42 Å². The summed E-state index contributed by atoms with van der Waals surface area (Å²) < 4.78 is 8.89. The molecule has 1 atom stereocenters. The van der Waals surface area contributed by atoms with Gasteiger partial charge in [0.05, 0.1) is 13.7 Å². The highest BCUT2D eigenvalue weighted by atomic mass is 35.5. The number of hydrogen-bond donors (Lipinski definition) is 1. The number of alkyl carbamates (subject to hydrolysis) is 1. The number of halogens is 1. The van der Waals surface area contributed by atoms with Gasteiger partial charge in [0.25, 0.3) is 0 Å². The first-order valence-corrected chi connectivity index (χ1v) is 4.20. The van der Waals surface area contributed by atoms with Crippen molar-refractivity contribution in [2.24, 2.45) is 0 Å². The highest BCUT2D eigenvalue weighted by Gasteiger charge is 2.18. The van der Waals surface area contributed by atoms with E-state index in [0.29, 0.717) is 6.42 Å². The maximum absolute atomic E-state index is 10.8. The van der Waals surface area contributed by atoms with Crippen LogP contribution in [0.2, 0.25) is 0 Å². The number of nitrogens with one attached hydrogen (secondary N) is 1. The van der Waals surface area contributed by atoms with E-state index in [4.69, 9.17) is 11.6 Å². The monoisotopic (exact) mass is 209 g/mol. The largest absolute Gasteiger partial charge is 0.467 e. The predicted molar refractivity (Wildman–Crippen MR) is 46.4 cm³/mol. The van der Waals surface area contributed by atoms with E-state index >= 15 is 0 Å². The van der Waals surface area contributed by atoms with Crippen LogP contribution in [0.1, 0.15) is 13.3 Å². The first kappa shape index (κ1) is 12.0. The van der Waals surface area contributed by atoms with Gasteiger partial charge in [0.15, 0.2) is 0 Å². The van der Waals surface area contributed by atoms with Crippen molar-refractivity contribution in [2.75, 3.05) is 13.7 Å². The zero-order valence-electron chi connectivity index (χ0n) is 7.50. The summed E-state index contributed by atoms with van der Waals surface area (Å²) in [6, 6.07) is 0. The van der Waals surface area contributed by atoms with E-state index in [9.17, 15) is 9.59 Å². The van der Waals surface area contributed by atoms with Gasteiger partial charge < -0.3 is 9.47 Å². The van der Waals surface area contributed by atoms with E-state index in [-0.39, 0.29) is 6.61 Å². The van der Waals surface area contributed by atoms with Crippen molar-refractivity contribution >= 4 is 23.7 Å². The zero-order chi connectivity index (χ0) is 10.3. The highest BCUT2D eigenvalue weighted by Crippen LogP contribution is 1.94. The molecule has 0 aromatic rings. The Morgan fingerprint density at radius 2 is 2.15 bits per heavy atom. The summed E-state index contributed by atoms with van der Waals surface area (Å²) in [5, 5.41) is 2.10. The second-order valence-corrected chi connectivity index (χ2v) is 2.60. The Morgan fingerprint density at radius 3 is 2.62 bits per heavy atom. The van der Waals surface area contributed by atoms with Crippen molar-refractivity contribution in [3.8, 4) is 0 Å². The molecule has 0 aromatic heterocycles. The molecule has 0 radical (unpaired) electrons. The Hall–Kier alpha value is -0.970. The normalized spacial score (nSPS) is 11.6. The molecule has 0 aliphatic rings. The number of carbonyl (C=O) groups excluding carboxylic acids is 2. The van der Waals surface area contributed by atoms with Crippen LogP contribution in [0.3, 0.4) is 0 Å². The summed E-state index contributed by atoms with van der Waals surface area (Å²) in [5.74, 6) is -0.727. The molecule has 0 spiro atoms. The van der Waals surface area contributed by atoms with Crippen LogP contribution in [0, 0.1) is 0 Å². The average Bonchev–Trinajstić information content (AvgIpc) is 2.13. The zero-order valence-corrected chi connectivity index (χ0v) is 8.26. The second kappa shape index (κ2) is 6.54. The third-order valence-electron chi connectivity index (χ3n) is 1.09. The van der Waals surface area contributed by atoms with Crippen LogP contribution in [0.15, 0.2) is 0 Å². The molecule has 13 heavy (non-hydrogen) atoms. The molecule has 76 valence electrons. The number of esters is 1. The van der Waals surface area contributed by atoms with Gasteiger partial charge in [-0.1, -0.05) is 18.5 Å². The molecule has 0 aromatic carbocycles. The van der Waals surface area contributed by atoms with Crippen molar-refractivity contribution < 1.29 is 19.1 Å². The molecule has 0 aliphatic carbocycles. The standard InChI is InChI=1S/C7H12ClNO4/c1-3-4-13-7(11)9-5(8)6(10)12-2/h5H,3-4H2,1-2H3,(H,9,11). The van der Waals surface area contributed by atoms with Gasteiger partial charge in [0, 0.05) is 0 Å². The number of amides is 1. The Labute approximate surface area is 81.3 Å². The number of hydrogen-bond acceptors (Lipinski definition) is 4. The average molecular weight is 210 g/mol. The third-order valence-corrected chi connectivity index (χ3v) is 1.38. The molecule has 1 N–H and O–H groups in total. The van der Waals surface area contributed by atoms with Crippen LogP contribution in [0.5, 0.6) is 0 Å². The number of rotatable bonds is 4. The summed E-state index contributed by atoms with van der Waals surface area (Å²) in [5.41, 5.74) is -1.20. The maximum Gasteiger partial charge on any atom is 0.408 e. The Balaban J connectivity index is 3.71. The van der Waals surface area contributed by atoms with Gasteiger partial charge >= 0.3 is 12.1 Å². The summed E-state index contributed by atoms with van der Waals surface area (Å²) in [4.78, 5) is 21.5. The number of alkyl halides is 1. The lowest BCUT2D eigenvalue weighted by atomic mass is 10.5. The molecule has 5 nitrogen and oxygen atoms in total. The predicted octanol–water partition coefficient (Wildman–Crippen LogP) is 0.861. The van der Waals surface area contributed by atoms with Crippen molar-refractivity contribution in [3.05, 3.63) is 0 Å². The van der Waals surface area contributed by atoms with Crippen LogP contribution in [0.25, 0.3) is 0 Å². The van der Waals surface area contributed by atoms with Gasteiger partial charge in [-0.3, -0.25) is 5.32 Å². The minimum Gasteiger partial charge on any atom is -0.467 e. The number of carbonyl (C=O) groups is 2. The maximum atomic E-state index is 10.8. The molecule has 0 fully saturated rings. The minimum atomic E-state index is -1.20. The summed E-state index contributed by atoms with van der Waals surface area (Å²) in [6.45, 7) is 2.14. The minimum absolute atomic E-state index is 0.288. The molecular weight excluding hydrogens is 198 g/mol. The van der Waals surface area contributed by atoms with Gasteiger partial charge in [-0.15, -0.1) is 0 Å². The van der Waals surface area contributed by atoms with Gasteiger partial charge in [0.2, 0.25) is 5.50 Å². The van der Waals surface area contributed by atoms with Crippen LogP contribution in [0.4, 0.5) is 4.79 Å². The van der Waals surface area contributed by atoms with Crippen molar-refractivity contribution in [1.82, 2.24) is 5.32 Å². The van der Waals surface area contributed by atoms with Crippen molar-refractivity contribution in [1.29, 1.82) is 0 Å². The third kappa shape index (κ3) is 5.30. The van der Waals surface area contributed by atoms with E-state index in [2.05, 4.69) is 14.8 Å². The van der Waals surface area contributed by atoms with E-state index in [1.54, 1.807) is 0 Å². The molecule has 0 heterocycles. The molecule has 0 saturated heterocycles. The van der Waals surface area contributed by atoms with E-state index < -0.39 is 17.6 Å². The van der Waals surface area contributed by atoms with Gasteiger partial charge in [-0.2, -0.15) is 0 Å². The smallest absolute Gasteiger partial charge is 0.408 e. The fraction of sp³-hybridized carbons (Fsp3) is 0.714. The van der Waals surface area contributed by atoms with Crippen molar-refractivity contribution in [3.63, 3.8) is 0 Å². The molecule has 0 bridgehead atoms. The molecule has 1 unspecified atom stereocenters. The molecule has 0 saturated carbocycles.